The summed E-state index contributed by atoms with van der Waals surface area (Å²) in [4.78, 5) is 19.3. The Morgan fingerprint density at radius 1 is 1.20 bits per heavy atom. The van der Waals surface area contributed by atoms with Crippen molar-refractivity contribution in [2.45, 2.75) is 71.2 Å². The van der Waals surface area contributed by atoms with Gasteiger partial charge in [-0.2, -0.15) is 0 Å². The van der Waals surface area contributed by atoms with E-state index < -0.39 is 14.3 Å². The summed E-state index contributed by atoms with van der Waals surface area (Å²) in [5.41, 5.74) is 4.07. The lowest BCUT2D eigenvalue weighted by Crippen LogP contribution is -2.40. The van der Waals surface area contributed by atoms with E-state index in [1.165, 1.54) is 5.56 Å². The minimum Gasteiger partial charge on any atom is -0.460 e. The molecule has 0 N–H and O–H groups in total. The molecule has 2 aromatic heterocycles. The lowest BCUT2D eigenvalue weighted by molar-refractivity contribution is 0.0512. The highest BCUT2D eigenvalue weighted by Crippen LogP contribution is 2.39. The molecule has 188 valence electrons. The highest BCUT2D eigenvalue weighted by molar-refractivity contribution is 6.74. The first-order chi connectivity index (χ1) is 16.4. The van der Waals surface area contributed by atoms with Gasteiger partial charge in [0, 0.05) is 24.1 Å². The van der Waals surface area contributed by atoms with E-state index in [9.17, 15) is 4.79 Å². The molecule has 8 heteroatoms. The highest BCUT2D eigenvalue weighted by atomic mass is 28.4. The Morgan fingerprint density at radius 3 is 2.57 bits per heavy atom. The monoisotopic (exact) mass is 494 g/mol. The van der Waals surface area contributed by atoms with Crippen molar-refractivity contribution in [3.8, 4) is 0 Å². The molecule has 0 radical (unpaired) electrons. The van der Waals surface area contributed by atoms with Gasteiger partial charge in [0.2, 0.25) is 0 Å². The molecular formula is C27H38N4O3Si. The van der Waals surface area contributed by atoms with Crippen LogP contribution in [-0.2, 0) is 21.2 Å². The molecule has 0 spiro atoms. The minimum atomic E-state index is -1.98. The largest absolute Gasteiger partial charge is 0.460 e. The van der Waals surface area contributed by atoms with Gasteiger partial charge in [-0.05, 0) is 43.1 Å². The van der Waals surface area contributed by atoms with Gasteiger partial charge in [0.05, 0.1) is 25.1 Å². The molecule has 0 aliphatic carbocycles. The van der Waals surface area contributed by atoms with Crippen LogP contribution in [0, 0.1) is 0 Å². The molecule has 1 fully saturated rings. The highest BCUT2D eigenvalue weighted by Gasteiger charge is 2.38. The van der Waals surface area contributed by atoms with Crippen LogP contribution in [0.5, 0.6) is 0 Å². The number of ether oxygens (including phenoxy) is 1. The summed E-state index contributed by atoms with van der Waals surface area (Å²) in [6.07, 6.45) is 3.04. The first-order valence-electron chi connectivity index (χ1n) is 12.4. The maximum atomic E-state index is 12.4. The molecule has 1 atom stereocenters. The molecule has 1 aliphatic heterocycles. The van der Waals surface area contributed by atoms with Crippen molar-refractivity contribution in [1.82, 2.24) is 14.6 Å². The number of rotatable bonds is 7. The van der Waals surface area contributed by atoms with Crippen molar-refractivity contribution >= 4 is 25.6 Å². The van der Waals surface area contributed by atoms with Crippen LogP contribution in [0.15, 0.2) is 42.6 Å². The number of pyridine rings is 1. The molecule has 1 aromatic carbocycles. The zero-order chi connectivity index (χ0) is 25.4. The predicted molar refractivity (Wildman–Crippen MR) is 142 cm³/mol. The number of hydrogen-bond acceptors (Lipinski definition) is 6. The van der Waals surface area contributed by atoms with Gasteiger partial charge >= 0.3 is 5.97 Å². The number of nitrogens with zero attached hydrogens (tertiary/aromatic N) is 4. The van der Waals surface area contributed by atoms with Crippen LogP contribution in [0.2, 0.25) is 18.1 Å². The average molecular weight is 495 g/mol. The van der Waals surface area contributed by atoms with Gasteiger partial charge in [0.25, 0.3) is 5.82 Å². The number of benzene rings is 1. The summed E-state index contributed by atoms with van der Waals surface area (Å²) in [5, 5.41) is 4.57. The van der Waals surface area contributed by atoms with E-state index in [2.05, 4.69) is 92.2 Å². The Bertz CT molecular complexity index is 1200. The van der Waals surface area contributed by atoms with Gasteiger partial charge in [0.1, 0.15) is 0 Å². The molecule has 1 aliphatic rings. The Balaban J connectivity index is 1.69. The smallest absolute Gasteiger partial charge is 0.378 e. The molecule has 0 amide bonds. The SMILES string of the molecule is CCOC(=O)c1nc2c(CO[Si](C)(C)C(C)(C)C)cc(N3CC[C@](C)(c4ccccc4)C3)cn2n1. The van der Waals surface area contributed by atoms with Gasteiger partial charge < -0.3 is 14.1 Å². The summed E-state index contributed by atoms with van der Waals surface area (Å²) in [7, 11) is -1.98. The van der Waals surface area contributed by atoms with E-state index in [0.717, 1.165) is 30.8 Å². The molecule has 0 saturated carbocycles. The standard InChI is InChI=1S/C27H38N4O3Si/c1-8-33-25(32)23-28-24-20(18-34-35(6,7)26(2,3)4)16-22(17-31(24)29-23)30-15-14-27(5,19-30)21-12-10-9-11-13-21/h9-13,16-17H,8,14-15,18-19H2,1-7H3/t27-/m0/s1. The third kappa shape index (κ3) is 5.14. The quantitative estimate of drug-likeness (QED) is 0.315. The molecule has 3 heterocycles. The third-order valence-electron chi connectivity index (χ3n) is 7.66. The van der Waals surface area contributed by atoms with Crippen molar-refractivity contribution in [3.05, 3.63) is 59.5 Å². The second-order valence-electron chi connectivity index (χ2n) is 11.3. The van der Waals surface area contributed by atoms with E-state index in [0.29, 0.717) is 12.3 Å². The second-order valence-corrected chi connectivity index (χ2v) is 16.1. The number of hydrogen-bond donors (Lipinski definition) is 0. The van der Waals surface area contributed by atoms with Crippen molar-refractivity contribution < 1.29 is 14.0 Å². The van der Waals surface area contributed by atoms with Gasteiger partial charge in [-0.25, -0.2) is 14.3 Å². The molecular weight excluding hydrogens is 456 g/mol. The van der Waals surface area contributed by atoms with E-state index in [-0.39, 0.29) is 22.9 Å². The van der Waals surface area contributed by atoms with Gasteiger partial charge in [0.15, 0.2) is 14.0 Å². The molecule has 0 unspecified atom stereocenters. The molecule has 35 heavy (non-hydrogen) atoms. The van der Waals surface area contributed by atoms with Crippen molar-refractivity contribution in [1.29, 1.82) is 0 Å². The maximum absolute atomic E-state index is 12.4. The number of carbonyl (C=O) groups excluding carboxylic acids is 1. The lowest BCUT2D eigenvalue weighted by Gasteiger charge is -2.36. The Kier molecular flexibility index (Phi) is 6.81. The van der Waals surface area contributed by atoms with Crippen molar-refractivity contribution in [2.24, 2.45) is 0 Å². The molecule has 7 nitrogen and oxygen atoms in total. The van der Waals surface area contributed by atoms with Crippen molar-refractivity contribution in [2.75, 3.05) is 24.6 Å². The fourth-order valence-corrected chi connectivity index (χ4v) is 5.28. The van der Waals surface area contributed by atoms with E-state index in [4.69, 9.17) is 9.16 Å². The summed E-state index contributed by atoms with van der Waals surface area (Å²) in [6, 6.07) is 12.9. The van der Waals surface area contributed by atoms with Crippen LogP contribution in [0.25, 0.3) is 5.65 Å². The normalized spacial score (nSPS) is 18.9. The summed E-state index contributed by atoms with van der Waals surface area (Å²) in [6.45, 7) is 17.9. The number of fused-ring (bicyclic) bond motifs is 1. The van der Waals surface area contributed by atoms with Gasteiger partial charge in [-0.1, -0.05) is 58.0 Å². The summed E-state index contributed by atoms with van der Waals surface area (Å²) in [5.74, 6) is -0.431. The maximum Gasteiger partial charge on any atom is 0.378 e. The number of carbonyl (C=O) groups is 1. The molecule has 1 saturated heterocycles. The zero-order valence-corrected chi connectivity index (χ0v) is 23.1. The number of anilines is 1. The topological polar surface area (TPSA) is 69.0 Å². The predicted octanol–water partition coefficient (Wildman–Crippen LogP) is 5.60. The number of esters is 1. The third-order valence-corrected chi connectivity index (χ3v) is 12.1. The van der Waals surface area contributed by atoms with E-state index in [1.807, 2.05) is 6.20 Å². The van der Waals surface area contributed by atoms with Crippen LogP contribution in [0.4, 0.5) is 5.69 Å². The Hall–Kier alpha value is -2.71. The molecule has 0 bridgehead atoms. The fraction of sp³-hybridized carbons (Fsp3) is 0.519. The Morgan fingerprint density at radius 2 is 1.91 bits per heavy atom. The van der Waals surface area contributed by atoms with Gasteiger partial charge in [-0.15, -0.1) is 5.10 Å². The zero-order valence-electron chi connectivity index (χ0n) is 22.1. The van der Waals surface area contributed by atoms with Crippen molar-refractivity contribution in [3.63, 3.8) is 0 Å². The Labute approximate surface area is 209 Å². The van der Waals surface area contributed by atoms with E-state index >= 15 is 0 Å². The summed E-state index contributed by atoms with van der Waals surface area (Å²) >= 11 is 0. The van der Waals surface area contributed by atoms with Crippen LogP contribution in [0.1, 0.15) is 62.8 Å². The first-order valence-corrected chi connectivity index (χ1v) is 15.4. The average Bonchev–Trinajstić information content (AvgIpc) is 3.42. The second kappa shape index (κ2) is 9.39. The van der Waals surface area contributed by atoms with Gasteiger partial charge in [-0.3, -0.25) is 0 Å². The fourth-order valence-electron chi connectivity index (χ4n) is 4.33. The lowest BCUT2D eigenvalue weighted by atomic mass is 9.82. The first kappa shape index (κ1) is 25.4. The summed E-state index contributed by atoms with van der Waals surface area (Å²) < 4.78 is 13.4. The van der Waals surface area contributed by atoms with Crippen LogP contribution in [-0.4, -0.2) is 48.6 Å². The molecule has 3 aromatic rings. The van der Waals surface area contributed by atoms with Crippen LogP contribution >= 0.6 is 0 Å². The minimum absolute atomic E-state index is 0.0759. The molecule has 4 rings (SSSR count). The van der Waals surface area contributed by atoms with Crippen LogP contribution < -0.4 is 4.90 Å². The van der Waals surface area contributed by atoms with E-state index in [1.54, 1.807) is 11.4 Å². The van der Waals surface area contributed by atoms with Crippen LogP contribution in [0.3, 0.4) is 0 Å². The number of aromatic nitrogens is 3.